The van der Waals surface area contributed by atoms with Gasteiger partial charge in [-0.3, -0.25) is 14.9 Å². The van der Waals surface area contributed by atoms with E-state index in [1.54, 1.807) is 24.6 Å². The molecule has 5 heteroatoms. The van der Waals surface area contributed by atoms with Crippen molar-refractivity contribution in [1.29, 1.82) is 0 Å². The third-order valence-corrected chi connectivity index (χ3v) is 5.25. The van der Waals surface area contributed by atoms with Crippen molar-refractivity contribution < 1.29 is 10.2 Å². The summed E-state index contributed by atoms with van der Waals surface area (Å²) >= 11 is 0. The van der Waals surface area contributed by atoms with Crippen LogP contribution in [0.2, 0.25) is 0 Å². The zero-order valence-electron chi connectivity index (χ0n) is 18.8. The number of unbranched alkanes of at least 4 members (excludes halogenated alkanes) is 5. The van der Waals surface area contributed by atoms with Crippen LogP contribution < -0.4 is 0 Å². The lowest BCUT2D eigenvalue weighted by Crippen LogP contribution is -2.30. The summed E-state index contributed by atoms with van der Waals surface area (Å²) in [7, 11) is 0. The highest BCUT2D eigenvalue weighted by Crippen LogP contribution is 2.13. The Morgan fingerprint density at radius 1 is 0.677 bits per heavy atom. The fraction of sp³-hybridized carbons (Fsp3) is 0.462. The van der Waals surface area contributed by atoms with E-state index < -0.39 is 0 Å². The summed E-state index contributed by atoms with van der Waals surface area (Å²) in [6.07, 6.45) is 11.2. The Labute approximate surface area is 187 Å². The van der Waals surface area contributed by atoms with Crippen LogP contribution in [0, 0.1) is 0 Å². The van der Waals surface area contributed by atoms with Crippen LogP contribution in [-0.2, 0) is 0 Å². The van der Waals surface area contributed by atoms with Crippen LogP contribution in [0.25, 0.3) is 0 Å². The fourth-order valence-electron chi connectivity index (χ4n) is 3.37. The molecule has 31 heavy (non-hydrogen) atoms. The van der Waals surface area contributed by atoms with Gasteiger partial charge in [-0.2, -0.15) is 0 Å². The zero-order chi connectivity index (χ0) is 22.2. The molecule has 0 bridgehead atoms. The Bertz CT molecular complexity index is 745. The molecular weight excluding hydrogens is 386 g/mol. The van der Waals surface area contributed by atoms with E-state index >= 15 is 0 Å². The summed E-state index contributed by atoms with van der Waals surface area (Å²) in [5.41, 5.74) is 1.49. The van der Waals surface area contributed by atoms with E-state index in [0.717, 1.165) is 30.8 Å². The molecule has 0 aromatic heterocycles. The number of para-hydroxylation sites is 2. The van der Waals surface area contributed by atoms with Gasteiger partial charge in [0, 0.05) is 36.6 Å². The molecule has 0 aliphatic heterocycles. The van der Waals surface area contributed by atoms with Gasteiger partial charge in [-0.15, -0.1) is 0 Å². The van der Waals surface area contributed by atoms with E-state index in [4.69, 9.17) is 0 Å². The number of aliphatic imine (C=N–C) groups is 2. The zero-order valence-corrected chi connectivity index (χ0v) is 18.8. The standard InChI is InChI=1S/C26H37N3O2/c1-2-3-4-5-6-11-18-29(19-16-27-21-23-12-7-9-14-25(23)30)20-17-28-22-24-13-8-10-15-26(24)31/h7-10,12-15,21-22,30-31H,2-6,11,16-20H2,1H3. The number of benzene rings is 2. The Hall–Kier alpha value is -2.66. The monoisotopic (exact) mass is 423 g/mol. The Balaban J connectivity index is 1.80. The summed E-state index contributed by atoms with van der Waals surface area (Å²) in [4.78, 5) is 11.4. The number of hydrogen-bond acceptors (Lipinski definition) is 5. The van der Waals surface area contributed by atoms with Gasteiger partial charge in [0.2, 0.25) is 0 Å². The largest absolute Gasteiger partial charge is 0.507 e. The summed E-state index contributed by atoms with van der Waals surface area (Å²) in [6, 6.07) is 14.5. The van der Waals surface area contributed by atoms with E-state index in [0.29, 0.717) is 13.1 Å². The van der Waals surface area contributed by atoms with Crippen molar-refractivity contribution in [1.82, 2.24) is 4.90 Å². The van der Waals surface area contributed by atoms with Crippen molar-refractivity contribution >= 4 is 12.4 Å². The quantitative estimate of drug-likeness (QED) is 0.302. The second kappa shape index (κ2) is 15.2. The van der Waals surface area contributed by atoms with E-state index in [2.05, 4.69) is 21.8 Å². The molecule has 2 aromatic rings. The smallest absolute Gasteiger partial charge is 0.124 e. The minimum atomic E-state index is 0.258. The predicted octanol–water partition coefficient (Wildman–Crippen LogP) is 5.30. The minimum absolute atomic E-state index is 0.258. The van der Waals surface area contributed by atoms with Crippen LogP contribution in [0.1, 0.15) is 56.6 Å². The maximum absolute atomic E-state index is 9.85. The molecule has 0 unspecified atom stereocenters. The molecule has 0 aliphatic rings. The van der Waals surface area contributed by atoms with Gasteiger partial charge in [-0.25, -0.2) is 0 Å². The van der Waals surface area contributed by atoms with Crippen LogP contribution in [0.4, 0.5) is 0 Å². The van der Waals surface area contributed by atoms with Crippen molar-refractivity contribution in [2.24, 2.45) is 9.98 Å². The first kappa shape index (κ1) is 24.6. The van der Waals surface area contributed by atoms with Crippen molar-refractivity contribution in [3.8, 4) is 11.5 Å². The first-order valence-corrected chi connectivity index (χ1v) is 11.5. The number of phenolic OH excluding ortho intramolecular Hbond substituents is 2. The van der Waals surface area contributed by atoms with E-state index in [1.165, 1.54) is 38.5 Å². The summed E-state index contributed by atoms with van der Waals surface area (Å²) in [5.74, 6) is 0.516. The number of rotatable bonds is 15. The van der Waals surface area contributed by atoms with Gasteiger partial charge in [0.05, 0.1) is 13.1 Å². The fourth-order valence-corrected chi connectivity index (χ4v) is 3.37. The lowest BCUT2D eigenvalue weighted by atomic mass is 10.1. The molecular formula is C26H37N3O2. The van der Waals surface area contributed by atoms with E-state index in [-0.39, 0.29) is 11.5 Å². The van der Waals surface area contributed by atoms with Gasteiger partial charge in [0.15, 0.2) is 0 Å². The molecule has 0 amide bonds. The average molecular weight is 424 g/mol. The Morgan fingerprint density at radius 3 is 1.68 bits per heavy atom. The van der Waals surface area contributed by atoms with E-state index in [1.807, 2.05) is 36.4 Å². The van der Waals surface area contributed by atoms with Crippen molar-refractivity contribution in [2.45, 2.75) is 45.4 Å². The molecule has 2 aromatic carbocycles. The second-order valence-corrected chi connectivity index (χ2v) is 7.80. The van der Waals surface area contributed by atoms with Crippen molar-refractivity contribution in [2.75, 3.05) is 32.7 Å². The summed E-state index contributed by atoms with van der Waals surface area (Å²) < 4.78 is 0. The highest BCUT2D eigenvalue weighted by molar-refractivity contribution is 5.83. The third-order valence-electron chi connectivity index (χ3n) is 5.25. The Morgan fingerprint density at radius 2 is 1.16 bits per heavy atom. The van der Waals surface area contributed by atoms with Gasteiger partial charge >= 0.3 is 0 Å². The average Bonchev–Trinajstić information content (AvgIpc) is 2.78. The van der Waals surface area contributed by atoms with Gasteiger partial charge < -0.3 is 10.2 Å². The maximum atomic E-state index is 9.85. The molecule has 0 spiro atoms. The molecule has 0 saturated heterocycles. The molecule has 0 fully saturated rings. The second-order valence-electron chi connectivity index (χ2n) is 7.80. The third kappa shape index (κ3) is 10.3. The molecule has 0 atom stereocenters. The first-order chi connectivity index (χ1) is 15.2. The number of hydrogen-bond donors (Lipinski definition) is 2. The molecule has 0 heterocycles. The number of phenols is 2. The minimum Gasteiger partial charge on any atom is -0.507 e. The van der Waals surface area contributed by atoms with Crippen LogP contribution in [0.3, 0.4) is 0 Å². The molecule has 5 nitrogen and oxygen atoms in total. The van der Waals surface area contributed by atoms with Crippen LogP contribution in [-0.4, -0.2) is 60.3 Å². The highest BCUT2D eigenvalue weighted by atomic mass is 16.3. The lowest BCUT2D eigenvalue weighted by molar-refractivity contribution is 0.282. The summed E-state index contributed by atoms with van der Waals surface area (Å²) in [5, 5.41) is 19.7. The maximum Gasteiger partial charge on any atom is 0.124 e. The molecule has 0 radical (unpaired) electrons. The first-order valence-electron chi connectivity index (χ1n) is 11.5. The van der Waals surface area contributed by atoms with Crippen LogP contribution in [0.15, 0.2) is 58.5 Å². The van der Waals surface area contributed by atoms with Gasteiger partial charge in [-0.1, -0.05) is 63.3 Å². The van der Waals surface area contributed by atoms with Crippen molar-refractivity contribution in [3.05, 3.63) is 59.7 Å². The molecule has 0 saturated carbocycles. The normalized spacial score (nSPS) is 11.8. The van der Waals surface area contributed by atoms with E-state index in [9.17, 15) is 10.2 Å². The lowest BCUT2D eigenvalue weighted by Gasteiger charge is -2.20. The van der Waals surface area contributed by atoms with Crippen molar-refractivity contribution in [3.63, 3.8) is 0 Å². The molecule has 2 rings (SSSR count). The molecule has 2 N–H and O–H groups in total. The SMILES string of the molecule is CCCCCCCCN(CCN=Cc1ccccc1O)CCN=Cc1ccccc1O. The number of aromatic hydroxyl groups is 2. The topological polar surface area (TPSA) is 68.4 Å². The highest BCUT2D eigenvalue weighted by Gasteiger charge is 2.04. The van der Waals surface area contributed by atoms with Crippen LogP contribution >= 0.6 is 0 Å². The van der Waals surface area contributed by atoms with Gasteiger partial charge in [-0.05, 0) is 37.2 Å². The predicted molar refractivity (Wildman–Crippen MR) is 131 cm³/mol. The number of nitrogens with zero attached hydrogens (tertiary/aromatic N) is 3. The molecule has 168 valence electrons. The summed E-state index contributed by atoms with van der Waals surface area (Å²) in [6.45, 7) is 6.40. The van der Waals surface area contributed by atoms with Gasteiger partial charge in [0.25, 0.3) is 0 Å². The molecule has 0 aliphatic carbocycles. The van der Waals surface area contributed by atoms with Crippen LogP contribution in [0.5, 0.6) is 11.5 Å². The Kier molecular flexibility index (Phi) is 12.1. The van der Waals surface area contributed by atoms with Gasteiger partial charge in [0.1, 0.15) is 11.5 Å².